The Bertz CT molecular complexity index is 519. The van der Waals surface area contributed by atoms with Crippen LogP contribution in [0.2, 0.25) is 0 Å². The number of rotatable bonds is 4. The van der Waals surface area contributed by atoms with Crippen LogP contribution in [0.4, 0.5) is 5.69 Å². The lowest BCUT2D eigenvalue weighted by molar-refractivity contribution is 0.0696. The number of amides is 1. The highest BCUT2D eigenvalue weighted by Crippen LogP contribution is 2.27. The first-order chi connectivity index (χ1) is 9.92. The summed E-state index contributed by atoms with van der Waals surface area (Å²) >= 11 is 0. The van der Waals surface area contributed by atoms with Crippen LogP contribution in [0.3, 0.4) is 0 Å². The number of carbonyl (C=O) groups is 1. The normalized spacial score (nSPS) is 21.9. The molecule has 0 aliphatic carbocycles. The summed E-state index contributed by atoms with van der Waals surface area (Å²) in [5.74, 6) is 0.334. The number of anilines is 1. The molecule has 6 nitrogen and oxygen atoms in total. The van der Waals surface area contributed by atoms with Crippen LogP contribution in [0.1, 0.15) is 16.8 Å². The minimum absolute atomic E-state index is 0.00441. The van der Waals surface area contributed by atoms with Crippen molar-refractivity contribution in [2.75, 3.05) is 40.0 Å². The molecule has 0 aromatic heterocycles. The van der Waals surface area contributed by atoms with Crippen LogP contribution < -0.4 is 10.5 Å². The predicted molar refractivity (Wildman–Crippen MR) is 81.4 cm³/mol. The molecule has 0 saturated carbocycles. The first-order valence-electron chi connectivity index (χ1n) is 6.99. The summed E-state index contributed by atoms with van der Waals surface area (Å²) in [4.78, 5) is 16.5. The van der Waals surface area contributed by atoms with Gasteiger partial charge in [0.15, 0.2) is 0 Å². The molecule has 1 aromatic carbocycles. The lowest BCUT2D eigenvalue weighted by atomic mass is 10.1. The van der Waals surface area contributed by atoms with E-state index in [0.29, 0.717) is 30.0 Å². The Morgan fingerprint density at radius 1 is 1.52 bits per heavy atom. The molecule has 0 spiro atoms. The van der Waals surface area contributed by atoms with Gasteiger partial charge in [-0.05, 0) is 32.6 Å². The molecule has 21 heavy (non-hydrogen) atoms. The van der Waals surface area contributed by atoms with Crippen LogP contribution in [0.25, 0.3) is 0 Å². The summed E-state index contributed by atoms with van der Waals surface area (Å²) in [6, 6.07) is 5.00. The first kappa shape index (κ1) is 15.6. The maximum Gasteiger partial charge on any atom is 0.258 e. The van der Waals surface area contributed by atoms with Gasteiger partial charge in [-0.1, -0.05) is 0 Å². The van der Waals surface area contributed by atoms with E-state index >= 15 is 0 Å². The largest absolute Gasteiger partial charge is 0.496 e. The number of carbonyl (C=O) groups excluding carboxylic acids is 1. The molecule has 1 amide bonds. The van der Waals surface area contributed by atoms with Gasteiger partial charge in [-0.3, -0.25) is 4.79 Å². The molecular weight excluding hydrogens is 270 g/mol. The van der Waals surface area contributed by atoms with Gasteiger partial charge in [0.25, 0.3) is 5.91 Å². The van der Waals surface area contributed by atoms with Gasteiger partial charge in [0, 0.05) is 30.9 Å². The van der Waals surface area contributed by atoms with E-state index in [1.54, 1.807) is 23.1 Å². The number of β-amino-alcohol motifs (C(OH)–C–C–N with tert-alkyl or cyclic N) is 1. The standard InChI is InChI=1S/C15H23N3O3/c1-17(2)8-11-7-12(19)9-18(11)15(20)13-5-4-10(16)6-14(13)21-3/h4-6,11-12,19H,7-9,16H2,1-3H3. The van der Waals surface area contributed by atoms with Gasteiger partial charge in [-0.25, -0.2) is 0 Å². The molecule has 3 N–H and O–H groups in total. The number of hydrogen-bond donors (Lipinski definition) is 2. The van der Waals surface area contributed by atoms with E-state index < -0.39 is 6.10 Å². The van der Waals surface area contributed by atoms with Crippen LogP contribution in [-0.4, -0.2) is 67.3 Å². The van der Waals surface area contributed by atoms with E-state index in [2.05, 4.69) is 0 Å². The van der Waals surface area contributed by atoms with Crippen LogP contribution in [0, 0.1) is 0 Å². The Hall–Kier alpha value is -1.79. The fourth-order valence-corrected chi connectivity index (χ4v) is 2.77. The summed E-state index contributed by atoms with van der Waals surface area (Å²) in [5.41, 5.74) is 6.75. The van der Waals surface area contributed by atoms with E-state index in [1.165, 1.54) is 7.11 Å². The van der Waals surface area contributed by atoms with Crippen molar-refractivity contribution in [3.63, 3.8) is 0 Å². The highest BCUT2D eigenvalue weighted by atomic mass is 16.5. The maximum absolute atomic E-state index is 12.8. The summed E-state index contributed by atoms with van der Waals surface area (Å²) in [7, 11) is 5.43. The summed E-state index contributed by atoms with van der Waals surface area (Å²) < 4.78 is 5.25. The molecule has 1 aliphatic heterocycles. The molecule has 2 atom stereocenters. The van der Waals surface area contributed by atoms with Crippen LogP contribution in [0.5, 0.6) is 5.75 Å². The molecule has 1 aromatic rings. The number of nitrogens with zero attached hydrogens (tertiary/aromatic N) is 2. The maximum atomic E-state index is 12.8. The molecule has 0 radical (unpaired) electrons. The number of ether oxygens (including phenoxy) is 1. The first-order valence-corrected chi connectivity index (χ1v) is 6.99. The highest BCUT2D eigenvalue weighted by molar-refractivity contribution is 5.97. The lowest BCUT2D eigenvalue weighted by Crippen LogP contribution is -2.41. The van der Waals surface area contributed by atoms with E-state index in [-0.39, 0.29) is 11.9 Å². The van der Waals surface area contributed by atoms with Gasteiger partial charge >= 0.3 is 0 Å². The fourth-order valence-electron chi connectivity index (χ4n) is 2.77. The van der Waals surface area contributed by atoms with Crippen molar-refractivity contribution in [3.05, 3.63) is 23.8 Å². The summed E-state index contributed by atoms with van der Waals surface area (Å²) in [6.07, 6.45) is 0.125. The number of aliphatic hydroxyl groups excluding tert-OH is 1. The smallest absolute Gasteiger partial charge is 0.258 e. The van der Waals surface area contributed by atoms with Crippen molar-refractivity contribution in [3.8, 4) is 5.75 Å². The number of nitrogen functional groups attached to an aromatic ring is 1. The quantitative estimate of drug-likeness (QED) is 0.786. The number of likely N-dealkylation sites (tertiary alicyclic amines) is 1. The molecule has 1 fully saturated rings. The average Bonchev–Trinajstić information content (AvgIpc) is 2.77. The van der Waals surface area contributed by atoms with Crippen molar-refractivity contribution >= 4 is 11.6 Å². The van der Waals surface area contributed by atoms with E-state index in [9.17, 15) is 9.90 Å². The van der Waals surface area contributed by atoms with Crippen molar-refractivity contribution in [1.82, 2.24) is 9.80 Å². The SMILES string of the molecule is COc1cc(N)ccc1C(=O)N1CC(O)CC1CN(C)C. The van der Waals surface area contributed by atoms with Gasteiger partial charge in [-0.15, -0.1) is 0 Å². The number of benzene rings is 1. The topological polar surface area (TPSA) is 79.0 Å². The number of nitrogens with two attached hydrogens (primary N) is 1. The zero-order valence-electron chi connectivity index (χ0n) is 12.7. The minimum Gasteiger partial charge on any atom is -0.496 e. The number of aliphatic hydroxyl groups is 1. The molecule has 116 valence electrons. The highest BCUT2D eigenvalue weighted by Gasteiger charge is 2.35. The zero-order chi connectivity index (χ0) is 15.6. The Labute approximate surface area is 125 Å². The van der Waals surface area contributed by atoms with Crippen molar-refractivity contribution in [2.24, 2.45) is 0 Å². The molecule has 1 heterocycles. The fraction of sp³-hybridized carbons (Fsp3) is 0.533. The Kier molecular flexibility index (Phi) is 4.69. The number of methoxy groups -OCH3 is 1. The Balaban J connectivity index is 2.25. The van der Waals surface area contributed by atoms with Gasteiger partial charge in [0.05, 0.1) is 18.8 Å². The van der Waals surface area contributed by atoms with Gasteiger partial charge in [0.2, 0.25) is 0 Å². The molecular formula is C15H23N3O3. The van der Waals surface area contributed by atoms with Crippen molar-refractivity contribution in [1.29, 1.82) is 0 Å². The van der Waals surface area contributed by atoms with Crippen LogP contribution in [-0.2, 0) is 0 Å². The van der Waals surface area contributed by atoms with Gasteiger partial charge < -0.3 is 25.4 Å². The van der Waals surface area contributed by atoms with Crippen LogP contribution >= 0.6 is 0 Å². The molecule has 0 bridgehead atoms. The molecule has 6 heteroatoms. The summed E-state index contributed by atoms with van der Waals surface area (Å²) in [6.45, 7) is 1.07. The van der Waals surface area contributed by atoms with E-state index in [1.807, 2.05) is 19.0 Å². The second kappa shape index (κ2) is 6.32. The molecule has 1 saturated heterocycles. The second-order valence-corrected chi connectivity index (χ2v) is 5.72. The average molecular weight is 293 g/mol. The van der Waals surface area contributed by atoms with Gasteiger partial charge in [-0.2, -0.15) is 0 Å². The number of likely N-dealkylation sites (N-methyl/N-ethyl adjacent to an activating group) is 1. The third kappa shape index (κ3) is 3.46. The number of hydrogen-bond acceptors (Lipinski definition) is 5. The summed E-state index contributed by atoms with van der Waals surface area (Å²) in [5, 5.41) is 9.89. The molecule has 1 aliphatic rings. The van der Waals surface area contributed by atoms with Crippen molar-refractivity contribution < 1.29 is 14.6 Å². The Morgan fingerprint density at radius 2 is 2.24 bits per heavy atom. The monoisotopic (exact) mass is 293 g/mol. The van der Waals surface area contributed by atoms with E-state index in [4.69, 9.17) is 10.5 Å². The predicted octanol–water partition coefficient (Wildman–Crippen LogP) is 0.414. The third-order valence-electron chi connectivity index (χ3n) is 3.69. The van der Waals surface area contributed by atoms with Crippen LogP contribution in [0.15, 0.2) is 18.2 Å². The lowest BCUT2D eigenvalue weighted by Gasteiger charge is -2.27. The second-order valence-electron chi connectivity index (χ2n) is 5.72. The van der Waals surface area contributed by atoms with Crippen molar-refractivity contribution in [2.45, 2.75) is 18.6 Å². The zero-order valence-corrected chi connectivity index (χ0v) is 12.7. The Morgan fingerprint density at radius 3 is 2.86 bits per heavy atom. The van der Waals surface area contributed by atoms with Gasteiger partial charge in [0.1, 0.15) is 5.75 Å². The molecule has 2 rings (SSSR count). The third-order valence-corrected chi connectivity index (χ3v) is 3.69. The minimum atomic E-state index is -0.473. The van der Waals surface area contributed by atoms with E-state index in [0.717, 1.165) is 6.54 Å². The molecule has 2 unspecified atom stereocenters.